The highest BCUT2D eigenvalue weighted by Crippen LogP contribution is 2.22. The van der Waals surface area contributed by atoms with E-state index in [0.717, 1.165) is 11.8 Å². The van der Waals surface area contributed by atoms with Crippen molar-refractivity contribution in [3.63, 3.8) is 0 Å². The average Bonchev–Trinajstić information content (AvgIpc) is 2.40. The van der Waals surface area contributed by atoms with Crippen molar-refractivity contribution in [3.05, 3.63) is 35.9 Å². The molecule has 0 bridgehead atoms. The van der Waals surface area contributed by atoms with Crippen LogP contribution >= 0.6 is 0 Å². The van der Waals surface area contributed by atoms with E-state index in [1.165, 1.54) is 64.0 Å². The van der Waals surface area contributed by atoms with E-state index >= 15 is 0 Å². The van der Waals surface area contributed by atoms with Crippen molar-refractivity contribution in [2.24, 2.45) is 11.8 Å². The molecule has 2 heteroatoms. The third-order valence-electron chi connectivity index (χ3n) is 4.79. The fraction of sp³-hybridized carbons (Fsp3) is 0.647. The minimum absolute atomic E-state index is 0.906. The standard InChI is InChI=1S/C17H26N2/c1-2-4-15(5-3-1)12-16-6-9-19(10-7-16)11-8-17-13-18-14-17/h1-5,16-18H,6-14H2. The number of likely N-dealkylation sites (tertiary alicyclic amines) is 1. The Hall–Kier alpha value is -0.860. The summed E-state index contributed by atoms with van der Waals surface area (Å²) in [6.07, 6.45) is 5.45. The molecule has 0 aromatic heterocycles. The van der Waals surface area contributed by atoms with Crippen LogP contribution in [0.4, 0.5) is 0 Å². The van der Waals surface area contributed by atoms with Gasteiger partial charge in [0.15, 0.2) is 0 Å². The molecule has 0 amide bonds. The molecule has 1 N–H and O–H groups in total. The number of benzene rings is 1. The summed E-state index contributed by atoms with van der Waals surface area (Å²) in [6.45, 7) is 6.47. The third-order valence-corrected chi connectivity index (χ3v) is 4.79. The van der Waals surface area contributed by atoms with E-state index in [1.807, 2.05) is 0 Å². The van der Waals surface area contributed by atoms with Crippen molar-refractivity contribution >= 4 is 0 Å². The number of hydrogen-bond donors (Lipinski definition) is 1. The summed E-state index contributed by atoms with van der Waals surface area (Å²) in [5, 5.41) is 3.36. The Morgan fingerprint density at radius 3 is 2.37 bits per heavy atom. The SMILES string of the molecule is c1ccc(CC2CCN(CCC3CNC3)CC2)cc1. The van der Waals surface area contributed by atoms with E-state index < -0.39 is 0 Å². The molecule has 2 heterocycles. The maximum Gasteiger partial charge on any atom is -0.000778 e. The topological polar surface area (TPSA) is 15.3 Å². The van der Waals surface area contributed by atoms with Gasteiger partial charge in [0.25, 0.3) is 0 Å². The Morgan fingerprint density at radius 2 is 1.74 bits per heavy atom. The van der Waals surface area contributed by atoms with Gasteiger partial charge < -0.3 is 10.2 Å². The number of hydrogen-bond acceptors (Lipinski definition) is 2. The normalized spacial score (nSPS) is 22.3. The predicted molar refractivity (Wildman–Crippen MR) is 80.3 cm³/mol. The second-order valence-electron chi connectivity index (χ2n) is 6.29. The van der Waals surface area contributed by atoms with E-state index in [0.29, 0.717) is 0 Å². The van der Waals surface area contributed by atoms with Gasteiger partial charge in [-0.05, 0) is 75.8 Å². The van der Waals surface area contributed by atoms with Gasteiger partial charge in [0.2, 0.25) is 0 Å². The molecular weight excluding hydrogens is 232 g/mol. The Kier molecular flexibility index (Phi) is 4.52. The highest BCUT2D eigenvalue weighted by atomic mass is 15.1. The van der Waals surface area contributed by atoms with Crippen LogP contribution in [-0.2, 0) is 6.42 Å². The summed E-state index contributed by atoms with van der Waals surface area (Å²) in [7, 11) is 0. The Bertz CT molecular complexity index is 364. The maximum atomic E-state index is 3.36. The van der Waals surface area contributed by atoms with Crippen LogP contribution in [0, 0.1) is 11.8 Å². The molecule has 2 saturated heterocycles. The van der Waals surface area contributed by atoms with Gasteiger partial charge in [-0.1, -0.05) is 30.3 Å². The van der Waals surface area contributed by atoms with Gasteiger partial charge in [-0.3, -0.25) is 0 Å². The first-order chi connectivity index (χ1) is 9.40. The average molecular weight is 258 g/mol. The Labute approximate surface area is 117 Å². The predicted octanol–water partition coefficient (Wildman–Crippen LogP) is 2.55. The lowest BCUT2D eigenvalue weighted by atomic mass is 9.90. The van der Waals surface area contributed by atoms with Crippen molar-refractivity contribution in [3.8, 4) is 0 Å². The molecule has 2 nitrogen and oxygen atoms in total. The molecule has 3 rings (SSSR count). The molecule has 0 aliphatic carbocycles. The molecule has 0 saturated carbocycles. The molecule has 0 spiro atoms. The zero-order chi connectivity index (χ0) is 12.9. The summed E-state index contributed by atoms with van der Waals surface area (Å²) in [5.74, 6) is 1.87. The van der Waals surface area contributed by atoms with Crippen LogP contribution < -0.4 is 5.32 Å². The molecule has 104 valence electrons. The molecule has 2 aliphatic rings. The largest absolute Gasteiger partial charge is 0.316 e. The van der Waals surface area contributed by atoms with Gasteiger partial charge in [0.05, 0.1) is 0 Å². The van der Waals surface area contributed by atoms with Crippen LogP contribution in [0.25, 0.3) is 0 Å². The molecular formula is C17H26N2. The summed E-state index contributed by atoms with van der Waals surface area (Å²) in [5.41, 5.74) is 1.52. The van der Waals surface area contributed by atoms with Crippen LogP contribution in [0.1, 0.15) is 24.8 Å². The summed E-state index contributed by atoms with van der Waals surface area (Å²) < 4.78 is 0. The van der Waals surface area contributed by atoms with Gasteiger partial charge in [0, 0.05) is 0 Å². The van der Waals surface area contributed by atoms with Crippen molar-refractivity contribution in [2.75, 3.05) is 32.7 Å². The molecule has 0 unspecified atom stereocenters. The van der Waals surface area contributed by atoms with Crippen molar-refractivity contribution in [1.82, 2.24) is 10.2 Å². The summed E-state index contributed by atoms with van der Waals surface area (Å²) in [6, 6.07) is 11.0. The molecule has 1 aromatic rings. The van der Waals surface area contributed by atoms with Gasteiger partial charge in [0.1, 0.15) is 0 Å². The van der Waals surface area contributed by atoms with Gasteiger partial charge in [-0.15, -0.1) is 0 Å². The monoisotopic (exact) mass is 258 g/mol. The first kappa shape index (κ1) is 13.1. The Morgan fingerprint density at radius 1 is 1.00 bits per heavy atom. The molecule has 2 fully saturated rings. The van der Waals surface area contributed by atoms with E-state index in [-0.39, 0.29) is 0 Å². The first-order valence-electron chi connectivity index (χ1n) is 7.87. The zero-order valence-corrected chi connectivity index (χ0v) is 11.9. The molecule has 2 aliphatic heterocycles. The molecule has 19 heavy (non-hydrogen) atoms. The fourth-order valence-electron chi connectivity index (χ4n) is 3.28. The molecule has 0 radical (unpaired) electrons. The highest BCUT2D eigenvalue weighted by Gasteiger charge is 2.21. The lowest BCUT2D eigenvalue weighted by Crippen LogP contribution is -2.44. The van der Waals surface area contributed by atoms with E-state index in [1.54, 1.807) is 0 Å². The summed E-state index contributed by atoms with van der Waals surface area (Å²) >= 11 is 0. The van der Waals surface area contributed by atoms with E-state index in [2.05, 4.69) is 40.5 Å². The smallest absolute Gasteiger partial charge is 0.000778 e. The van der Waals surface area contributed by atoms with Crippen LogP contribution in [-0.4, -0.2) is 37.6 Å². The zero-order valence-electron chi connectivity index (χ0n) is 11.9. The minimum Gasteiger partial charge on any atom is -0.316 e. The maximum absolute atomic E-state index is 3.36. The quantitative estimate of drug-likeness (QED) is 0.873. The van der Waals surface area contributed by atoms with Crippen molar-refractivity contribution in [1.29, 1.82) is 0 Å². The summed E-state index contributed by atoms with van der Waals surface area (Å²) in [4.78, 5) is 2.68. The number of rotatable bonds is 5. The highest BCUT2D eigenvalue weighted by molar-refractivity contribution is 5.15. The van der Waals surface area contributed by atoms with Crippen LogP contribution in [0.2, 0.25) is 0 Å². The lowest BCUT2D eigenvalue weighted by molar-refractivity contribution is 0.164. The second-order valence-corrected chi connectivity index (χ2v) is 6.29. The molecule has 1 aromatic carbocycles. The number of nitrogens with one attached hydrogen (secondary N) is 1. The van der Waals surface area contributed by atoms with Gasteiger partial charge in [-0.25, -0.2) is 0 Å². The number of piperidine rings is 1. The van der Waals surface area contributed by atoms with Crippen LogP contribution in [0.5, 0.6) is 0 Å². The Balaban J connectivity index is 1.37. The van der Waals surface area contributed by atoms with Crippen LogP contribution in [0.3, 0.4) is 0 Å². The number of nitrogens with zero attached hydrogens (tertiary/aromatic N) is 1. The van der Waals surface area contributed by atoms with Crippen LogP contribution in [0.15, 0.2) is 30.3 Å². The van der Waals surface area contributed by atoms with E-state index in [4.69, 9.17) is 0 Å². The molecule has 0 atom stereocenters. The van der Waals surface area contributed by atoms with Gasteiger partial charge in [-0.2, -0.15) is 0 Å². The fourth-order valence-corrected chi connectivity index (χ4v) is 3.28. The lowest BCUT2D eigenvalue weighted by Gasteiger charge is -2.34. The van der Waals surface area contributed by atoms with Gasteiger partial charge >= 0.3 is 0 Å². The second kappa shape index (κ2) is 6.53. The van der Waals surface area contributed by atoms with E-state index in [9.17, 15) is 0 Å². The minimum atomic E-state index is 0.906. The van der Waals surface area contributed by atoms with Crippen molar-refractivity contribution < 1.29 is 0 Å². The van der Waals surface area contributed by atoms with Crippen molar-refractivity contribution in [2.45, 2.75) is 25.7 Å². The third kappa shape index (κ3) is 3.80. The first-order valence-corrected chi connectivity index (χ1v) is 7.87.